The SMILES string of the molecule is OC1=CC2=C3N=c4[n-]c(c5cc(O)c(O)cc45)=NC4=C5C=C(O)C(O)=CC5C(=Nc5[n-]c(c6cc(O)c(O)cc56)N=C([N-]3)C2C=C1O)[N-]4.[Zn+2]. The van der Waals surface area contributed by atoms with Crippen LogP contribution < -0.4 is 20.9 Å². The second kappa shape index (κ2) is 10.3. The molecule has 0 saturated heterocycles. The average molecular weight is 708 g/mol. The summed E-state index contributed by atoms with van der Waals surface area (Å²) in [6.45, 7) is 0. The van der Waals surface area contributed by atoms with E-state index in [4.69, 9.17) is 0 Å². The summed E-state index contributed by atoms with van der Waals surface area (Å²) < 4.78 is 0. The Kier molecular flexibility index (Phi) is 6.26. The van der Waals surface area contributed by atoms with Gasteiger partial charge in [-0.05, 0) is 92.9 Å². The number of phenols is 4. The Morgan fingerprint density at radius 2 is 0.857 bits per heavy atom. The molecule has 0 saturated carbocycles. The minimum absolute atomic E-state index is 0. The summed E-state index contributed by atoms with van der Waals surface area (Å²) in [7, 11) is 0. The molecule has 2 aliphatic carbocycles. The fraction of sp³-hybridized carbons (Fsp3) is 0.0625. The molecule has 8 bridgehead atoms. The molecule has 49 heavy (non-hydrogen) atoms. The maximum Gasteiger partial charge on any atom is 2.00 e. The fourth-order valence-electron chi connectivity index (χ4n) is 6.07. The van der Waals surface area contributed by atoms with Gasteiger partial charge < -0.3 is 81.4 Å². The Morgan fingerprint density at radius 3 is 1.27 bits per heavy atom. The van der Waals surface area contributed by atoms with Crippen LogP contribution in [0.2, 0.25) is 0 Å². The van der Waals surface area contributed by atoms with Crippen molar-refractivity contribution in [3.63, 3.8) is 0 Å². The summed E-state index contributed by atoms with van der Waals surface area (Å²) in [6.07, 6.45) is 5.23. The molecule has 0 fully saturated rings. The number of rotatable bonds is 0. The van der Waals surface area contributed by atoms with E-state index < -0.39 is 57.9 Å². The standard InChI is InChI=1S/C32H18N8O8.Zn/c41-17-1-9-10(2-18(17)42)26-33-25(9)37-27-11-3-19(43)20(44)4-12(11)29(34-27)39-31-15-7-23(47)24(48)8-16(15)32(36-31)40-30-14-6-22(46)21(45)5-13(14)28(35-30)38-26;/h1-9,15H,(H8-4,33,34,35,36,37,38,39,40,41,42,43,44,45,46,47,48);/q-4;+2. The molecule has 2 unspecified atom stereocenters. The van der Waals surface area contributed by atoms with Crippen molar-refractivity contribution in [3.8, 4) is 23.0 Å². The van der Waals surface area contributed by atoms with Crippen LogP contribution in [0.1, 0.15) is 0 Å². The van der Waals surface area contributed by atoms with Crippen LogP contribution in [0.25, 0.3) is 32.2 Å². The molecular formula is C32H18N8O8Zn-2. The minimum Gasteiger partial charge on any atom is -0.504 e. The minimum atomic E-state index is -0.807. The van der Waals surface area contributed by atoms with E-state index in [9.17, 15) is 40.9 Å². The molecule has 9 rings (SSSR count). The Hall–Kier alpha value is -6.48. The predicted octanol–water partition coefficient (Wildman–Crippen LogP) is 3.97. The first-order chi connectivity index (χ1) is 23.0. The molecule has 16 nitrogen and oxygen atoms in total. The van der Waals surface area contributed by atoms with Gasteiger partial charge in [0, 0.05) is 46.1 Å². The second-order valence-corrected chi connectivity index (χ2v) is 11.4. The molecule has 0 spiro atoms. The van der Waals surface area contributed by atoms with Gasteiger partial charge in [-0.25, -0.2) is 0 Å². The van der Waals surface area contributed by atoms with E-state index >= 15 is 0 Å². The summed E-state index contributed by atoms with van der Waals surface area (Å²) >= 11 is 0. The number of aromatic hydroxyl groups is 4. The van der Waals surface area contributed by atoms with Gasteiger partial charge in [0.05, 0.1) is 0 Å². The first-order valence-electron chi connectivity index (χ1n) is 14.2. The van der Waals surface area contributed by atoms with Gasteiger partial charge in [0.2, 0.25) is 0 Å². The van der Waals surface area contributed by atoms with Gasteiger partial charge in [-0.3, -0.25) is 0 Å². The van der Waals surface area contributed by atoms with Crippen molar-refractivity contribution in [2.24, 2.45) is 31.8 Å². The molecule has 2 aromatic carbocycles. The van der Waals surface area contributed by atoms with Crippen molar-refractivity contribution < 1.29 is 60.3 Å². The van der Waals surface area contributed by atoms with Gasteiger partial charge in [-0.2, -0.15) is 0 Å². The van der Waals surface area contributed by atoms with E-state index in [1.807, 2.05) is 0 Å². The summed E-state index contributed by atoms with van der Waals surface area (Å²) in [6, 6.07) is 5.03. The monoisotopic (exact) mass is 706 g/mol. The predicted molar refractivity (Wildman–Crippen MR) is 168 cm³/mol. The Balaban J connectivity index is 0.00000348. The van der Waals surface area contributed by atoms with Crippen molar-refractivity contribution >= 4 is 44.9 Å². The molecule has 5 heterocycles. The zero-order valence-corrected chi connectivity index (χ0v) is 27.6. The number of aliphatic hydroxyl groups excluding tert-OH is 4. The fourth-order valence-corrected chi connectivity index (χ4v) is 6.07. The normalized spacial score (nSPS) is 20.7. The summed E-state index contributed by atoms with van der Waals surface area (Å²) in [4.78, 5) is 27.7. The Morgan fingerprint density at radius 1 is 0.469 bits per heavy atom. The Labute approximate surface area is 285 Å². The third kappa shape index (κ3) is 4.39. The van der Waals surface area contributed by atoms with Crippen molar-refractivity contribution in [2.45, 2.75) is 0 Å². The van der Waals surface area contributed by atoms with Gasteiger partial charge in [0.15, 0.2) is 46.0 Å². The van der Waals surface area contributed by atoms with Crippen LogP contribution in [0.4, 0.5) is 11.6 Å². The van der Waals surface area contributed by atoms with E-state index in [-0.39, 0.29) is 86.9 Å². The van der Waals surface area contributed by atoms with Gasteiger partial charge in [-0.15, -0.1) is 0 Å². The Bertz CT molecular complexity index is 2450. The smallest absolute Gasteiger partial charge is 0.504 e. The third-order valence-electron chi connectivity index (χ3n) is 8.42. The molecular weight excluding hydrogens is 690 g/mol. The number of aromatic nitrogens is 2. The van der Waals surface area contributed by atoms with E-state index in [0.29, 0.717) is 11.1 Å². The number of nitrogens with zero attached hydrogens (tertiary/aromatic N) is 8. The molecule has 238 valence electrons. The zero-order chi connectivity index (χ0) is 33.2. The van der Waals surface area contributed by atoms with E-state index in [2.05, 4.69) is 40.6 Å². The van der Waals surface area contributed by atoms with Crippen LogP contribution in [0.3, 0.4) is 0 Å². The summed E-state index contributed by atoms with van der Waals surface area (Å²) in [5.41, 5.74) is 0.743. The van der Waals surface area contributed by atoms with Crippen molar-refractivity contribution in [1.29, 1.82) is 0 Å². The molecule has 0 amide bonds. The first kappa shape index (κ1) is 29.9. The van der Waals surface area contributed by atoms with Crippen LogP contribution >= 0.6 is 0 Å². The molecule has 2 atom stereocenters. The first-order valence-corrected chi connectivity index (χ1v) is 14.2. The van der Waals surface area contributed by atoms with E-state index in [1.165, 1.54) is 48.6 Å². The largest absolute Gasteiger partial charge is 2.00 e. The quantitative estimate of drug-likeness (QED) is 0.0962. The number of hydrogen-bond acceptors (Lipinski definition) is 12. The molecule has 2 aromatic heterocycles. The number of aliphatic imine (C=N–C) groups is 2. The zero-order valence-electron chi connectivity index (χ0n) is 24.6. The van der Waals surface area contributed by atoms with Crippen LogP contribution in [0.5, 0.6) is 23.0 Å². The second-order valence-electron chi connectivity index (χ2n) is 11.4. The third-order valence-corrected chi connectivity index (χ3v) is 8.42. The average Bonchev–Trinajstić information content (AvgIpc) is 3.74. The molecule has 0 radical (unpaired) electrons. The molecule has 3 aliphatic heterocycles. The van der Waals surface area contributed by atoms with Crippen molar-refractivity contribution in [3.05, 3.63) is 116 Å². The van der Waals surface area contributed by atoms with Gasteiger partial charge in [0.1, 0.15) is 0 Å². The number of amidine groups is 2. The molecule has 4 aromatic rings. The topological polar surface area (TPSA) is 268 Å². The van der Waals surface area contributed by atoms with Crippen LogP contribution in [0, 0.1) is 11.8 Å². The van der Waals surface area contributed by atoms with Gasteiger partial charge in [0.25, 0.3) is 0 Å². The van der Waals surface area contributed by atoms with Gasteiger partial charge in [-0.1, -0.05) is 0 Å². The van der Waals surface area contributed by atoms with Crippen LogP contribution in [-0.4, -0.2) is 52.5 Å². The molecule has 17 heteroatoms. The van der Waals surface area contributed by atoms with Crippen LogP contribution in [-0.2, 0) is 19.5 Å². The number of allylic oxidation sites excluding steroid dienone is 2. The van der Waals surface area contributed by atoms with Crippen molar-refractivity contribution in [1.82, 2.24) is 9.97 Å². The van der Waals surface area contributed by atoms with E-state index in [1.54, 1.807) is 0 Å². The van der Waals surface area contributed by atoms with Crippen LogP contribution in [0.15, 0.2) is 114 Å². The van der Waals surface area contributed by atoms with Gasteiger partial charge >= 0.3 is 19.5 Å². The number of aliphatic hydroxyl groups is 4. The summed E-state index contributed by atoms with van der Waals surface area (Å²) in [5.74, 6) is -4.76. The van der Waals surface area contributed by atoms with E-state index in [0.717, 1.165) is 0 Å². The number of benzene rings is 2. The number of hydrogen-bond donors (Lipinski definition) is 8. The molecule has 5 aliphatic rings. The molecule has 8 N–H and O–H groups in total. The maximum atomic E-state index is 10.4. The number of phenolic OH excluding ortho intramolecular Hbond substituents is 4. The number of fused-ring (bicyclic) bond motifs is 18. The summed E-state index contributed by atoms with van der Waals surface area (Å²) in [5, 5.41) is 93.4. The van der Waals surface area contributed by atoms with Crippen molar-refractivity contribution in [2.75, 3.05) is 0 Å². The maximum absolute atomic E-state index is 10.4.